The lowest BCUT2D eigenvalue weighted by Gasteiger charge is -2.29. The molecule has 0 bridgehead atoms. The van der Waals surface area contributed by atoms with Crippen molar-refractivity contribution in [2.45, 2.75) is 115 Å². The third kappa shape index (κ3) is 7.85. The minimum Gasteiger partial charge on any atom is -0.455 e. The van der Waals surface area contributed by atoms with Crippen LogP contribution in [0.15, 0.2) is 12.7 Å². The number of amides is 1. The molecule has 0 aromatic carbocycles. The zero-order valence-corrected chi connectivity index (χ0v) is 24.1. The van der Waals surface area contributed by atoms with Crippen molar-refractivity contribution in [1.29, 1.82) is 0 Å². The van der Waals surface area contributed by atoms with Gasteiger partial charge in [0.15, 0.2) is 29.3 Å². The van der Waals surface area contributed by atoms with Crippen LogP contribution >= 0.6 is 7.82 Å². The Balaban J connectivity index is 1.49. The SMILES string of the molecule is CCCCCCCC(=O)Nc1ncnc2c1ncn2[C@@H]1OC2COP(=O)(O)OC2[C@@H]1OC(=O)CCCCCCC. The fourth-order valence-corrected chi connectivity index (χ4v) is 5.93. The molecular weight excluding hydrogens is 541 g/mol. The lowest BCUT2D eigenvalue weighted by atomic mass is 10.1. The number of rotatable bonds is 15. The minimum atomic E-state index is -4.33. The first-order valence-corrected chi connectivity index (χ1v) is 15.8. The van der Waals surface area contributed by atoms with Crippen LogP contribution in [0, 0.1) is 0 Å². The Morgan fingerprint density at radius 3 is 2.48 bits per heavy atom. The number of imidazole rings is 1. The lowest BCUT2D eigenvalue weighted by Crippen LogP contribution is -2.41. The molecule has 2 aromatic rings. The third-order valence-electron chi connectivity index (χ3n) is 7.09. The molecule has 13 nitrogen and oxygen atoms in total. The van der Waals surface area contributed by atoms with Crippen molar-refractivity contribution in [3.63, 3.8) is 0 Å². The first kappa shape index (κ1) is 30.5. The Kier molecular flexibility index (Phi) is 11.0. The molecule has 0 spiro atoms. The van der Waals surface area contributed by atoms with Crippen molar-refractivity contribution in [2.24, 2.45) is 0 Å². The van der Waals surface area contributed by atoms with Gasteiger partial charge in [0, 0.05) is 12.8 Å². The van der Waals surface area contributed by atoms with Gasteiger partial charge in [-0.05, 0) is 12.8 Å². The van der Waals surface area contributed by atoms with Gasteiger partial charge in [0.1, 0.15) is 18.5 Å². The van der Waals surface area contributed by atoms with Crippen LogP contribution in [0.3, 0.4) is 0 Å². The Hall–Kier alpha value is -2.44. The first-order chi connectivity index (χ1) is 19.3. The molecule has 2 aromatic heterocycles. The van der Waals surface area contributed by atoms with E-state index >= 15 is 0 Å². The number of fused-ring (bicyclic) bond motifs is 2. The molecule has 0 aliphatic carbocycles. The average molecular weight is 582 g/mol. The molecular formula is C26H40N5O8P. The summed E-state index contributed by atoms with van der Waals surface area (Å²) in [4.78, 5) is 48.2. The van der Waals surface area contributed by atoms with Gasteiger partial charge in [0.25, 0.3) is 0 Å². The number of carbonyl (C=O) groups excluding carboxylic acids is 2. The fourth-order valence-electron chi connectivity index (χ4n) is 4.97. The maximum absolute atomic E-state index is 12.8. The second-order valence-electron chi connectivity index (χ2n) is 10.3. The van der Waals surface area contributed by atoms with Crippen LogP contribution in [-0.4, -0.2) is 61.2 Å². The van der Waals surface area contributed by atoms with Gasteiger partial charge in [-0.15, -0.1) is 0 Å². The molecule has 40 heavy (non-hydrogen) atoms. The number of esters is 1. The largest absolute Gasteiger partial charge is 0.472 e. The number of phosphoric ester groups is 1. The summed E-state index contributed by atoms with van der Waals surface area (Å²) in [6.07, 6.45) is 9.54. The smallest absolute Gasteiger partial charge is 0.455 e. The quantitative estimate of drug-likeness (QED) is 0.168. The van der Waals surface area contributed by atoms with E-state index in [9.17, 15) is 19.0 Å². The van der Waals surface area contributed by atoms with Gasteiger partial charge in [-0.1, -0.05) is 65.2 Å². The van der Waals surface area contributed by atoms with E-state index in [-0.39, 0.29) is 24.8 Å². The van der Waals surface area contributed by atoms with Crippen LogP contribution in [-0.2, 0) is 32.7 Å². The Labute approximate surface area is 234 Å². The van der Waals surface area contributed by atoms with E-state index in [4.69, 9.17) is 18.5 Å². The normalized spacial score (nSPS) is 26.1. The summed E-state index contributed by atoms with van der Waals surface area (Å²) in [6.45, 7) is 4.06. The summed E-state index contributed by atoms with van der Waals surface area (Å²) >= 11 is 0. The topological polar surface area (TPSA) is 164 Å². The van der Waals surface area contributed by atoms with E-state index in [0.717, 1.165) is 57.8 Å². The van der Waals surface area contributed by atoms with Crippen LogP contribution in [0.25, 0.3) is 11.2 Å². The van der Waals surface area contributed by atoms with Crippen LogP contribution < -0.4 is 5.32 Å². The molecule has 4 heterocycles. The molecule has 3 unspecified atom stereocenters. The number of hydrogen-bond acceptors (Lipinski definition) is 10. The van der Waals surface area contributed by atoms with Gasteiger partial charge in [-0.3, -0.25) is 23.2 Å². The van der Waals surface area contributed by atoms with Gasteiger partial charge >= 0.3 is 13.8 Å². The third-order valence-corrected chi connectivity index (χ3v) is 8.08. The predicted octanol–water partition coefficient (Wildman–Crippen LogP) is 4.81. The lowest BCUT2D eigenvalue weighted by molar-refractivity contribution is -0.158. The molecule has 14 heteroatoms. The highest BCUT2D eigenvalue weighted by atomic mass is 31.2. The van der Waals surface area contributed by atoms with Crippen molar-refractivity contribution < 1.29 is 37.6 Å². The molecule has 2 N–H and O–H groups in total. The summed E-state index contributed by atoms with van der Waals surface area (Å²) in [6, 6.07) is 0. The fraction of sp³-hybridized carbons (Fsp3) is 0.731. The van der Waals surface area contributed by atoms with Crippen molar-refractivity contribution in [1.82, 2.24) is 19.5 Å². The molecule has 0 radical (unpaired) electrons. The second-order valence-corrected chi connectivity index (χ2v) is 11.7. The maximum Gasteiger partial charge on any atom is 0.472 e. The Morgan fingerprint density at radius 1 is 1.05 bits per heavy atom. The van der Waals surface area contributed by atoms with Gasteiger partial charge in [-0.25, -0.2) is 19.5 Å². The van der Waals surface area contributed by atoms with Gasteiger partial charge < -0.3 is 19.7 Å². The summed E-state index contributed by atoms with van der Waals surface area (Å²) in [7, 11) is -4.33. The molecule has 2 aliphatic rings. The molecule has 1 amide bonds. The monoisotopic (exact) mass is 581 g/mol. The zero-order chi connectivity index (χ0) is 28.5. The summed E-state index contributed by atoms with van der Waals surface area (Å²) in [5.41, 5.74) is 0.678. The molecule has 2 fully saturated rings. The number of unbranched alkanes of at least 4 members (excludes halogenated alkanes) is 8. The molecule has 5 atom stereocenters. The number of aromatic nitrogens is 4. The summed E-state index contributed by atoms with van der Waals surface area (Å²) in [5.74, 6) is -0.355. The van der Waals surface area contributed by atoms with Crippen molar-refractivity contribution in [3.8, 4) is 0 Å². The van der Waals surface area contributed by atoms with Crippen molar-refractivity contribution in [2.75, 3.05) is 11.9 Å². The number of hydrogen-bond donors (Lipinski definition) is 2. The predicted molar refractivity (Wildman–Crippen MR) is 145 cm³/mol. The Morgan fingerprint density at radius 2 is 1.75 bits per heavy atom. The number of nitrogens with zero attached hydrogens (tertiary/aromatic N) is 4. The maximum atomic E-state index is 12.8. The highest BCUT2D eigenvalue weighted by Crippen LogP contribution is 2.53. The molecule has 2 aliphatic heterocycles. The number of carbonyl (C=O) groups is 2. The molecule has 222 valence electrons. The molecule has 4 rings (SSSR count). The molecule has 2 saturated heterocycles. The summed E-state index contributed by atoms with van der Waals surface area (Å²) < 4.78 is 35.9. The van der Waals surface area contributed by atoms with Gasteiger partial charge in [0.2, 0.25) is 5.91 Å². The zero-order valence-electron chi connectivity index (χ0n) is 23.2. The van der Waals surface area contributed by atoms with Gasteiger partial charge in [-0.2, -0.15) is 0 Å². The minimum absolute atomic E-state index is 0.163. The van der Waals surface area contributed by atoms with Crippen LogP contribution in [0.4, 0.5) is 5.82 Å². The van der Waals surface area contributed by atoms with E-state index in [1.54, 1.807) is 4.57 Å². The van der Waals surface area contributed by atoms with E-state index in [1.165, 1.54) is 12.7 Å². The van der Waals surface area contributed by atoms with E-state index in [1.807, 2.05) is 0 Å². The van der Waals surface area contributed by atoms with Crippen molar-refractivity contribution >= 4 is 36.7 Å². The van der Waals surface area contributed by atoms with E-state index < -0.39 is 38.3 Å². The number of nitrogens with one attached hydrogen (secondary N) is 1. The summed E-state index contributed by atoms with van der Waals surface area (Å²) in [5, 5.41) is 2.81. The van der Waals surface area contributed by atoms with E-state index in [0.29, 0.717) is 24.0 Å². The highest BCUT2D eigenvalue weighted by molar-refractivity contribution is 7.47. The van der Waals surface area contributed by atoms with Crippen LogP contribution in [0.5, 0.6) is 0 Å². The number of phosphoric acid groups is 1. The van der Waals surface area contributed by atoms with Crippen LogP contribution in [0.2, 0.25) is 0 Å². The van der Waals surface area contributed by atoms with Gasteiger partial charge in [0.05, 0.1) is 12.9 Å². The standard InChI is InChI=1S/C26H40N5O8P/c1-3-5-7-9-11-13-19(32)30-24-21-25(28-16-27-24)31(17-29-21)26-23(38-20(33)14-12-10-8-6-4-2)22-18(37-26)15-36-40(34,35)39-22/h16-18,22-23,26H,3-15H2,1-2H3,(H,34,35)(H,27,28,30,32)/t18?,22?,23-,26+/m0/s1. The second kappa shape index (κ2) is 14.5. The Bertz CT molecular complexity index is 1190. The number of ether oxygens (including phenoxy) is 2. The highest BCUT2D eigenvalue weighted by Gasteiger charge is 2.55. The van der Waals surface area contributed by atoms with Crippen molar-refractivity contribution in [3.05, 3.63) is 12.7 Å². The number of anilines is 1. The average Bonchev–Trinajstić information content (AvgIpc) is 3.50. The van der Waals surface area contributed by atoms with Crippen LogP contribution in [0.1, 0.15) is 97.1 Å². The first-order valence-electron chi connectivity index (χ1n) is 14.3. The molecule has 0 saturated carbocycles. The van der Waals surface area contributed by atoms with E-state index in [2.05, 4.69) is 34.1 Å².